The van der Waals surface area contributed by atoms with Crippen molar-refractivity contribution in [3.63, 3.8) is 0 Å². The van der Waals surface area contributed by atoms with Gasteiger partial charge in [-0.3, -0.25) is 4.79 Å². The number of rotatable bonds is 3. The number of benzene rings is 2. The molecule has 0 spiro atoms. The van der Waals surface area contributed by atoms with Crippen LogP contribution in [0.3, 0.4) is 0 Å². The first-order valence-electron chi connectivity index (χ1n) is 9.85. The number of carbonyl (C=O) groups is 1. The molecule has 1 amide bonds. The second-order valence-corrected chi connectivity index (χ2v) is 8.43. The third kappa shape index (κ3) is 3.64. The average molecular weight is 399 g/mol. The summed E-state index contributed by atoms with van der Waals surface area (Å²) in [6.07, 6.45) is 5.41. The summed E-state index contributed by atoms with van der Waals surface area (Å²) in [5, 5.41) is 3.02. The van der Waals surface area contributed by atoms with Crippen LogP contribution in [0.2, 0.25) is 0 Å². The van der Waals surface area contributed by atoms with Crippen molar-refractivity contribution in [2.24, 2.45) is 0 Å². The molecule has 0 radical (unpaired) electrons. The summed E-state index contributed by atoms with van der Waals surface area (Å²) in [5.41, 5.74) is 11.8. The minimum Gasteiger partial charge on any atom is -0.381 e. The van der Waals surface area contributed by atoms with Crippen molar-refractivity contribution in [2.75, 3.05) is 11.1 Å². The molecule has 0 saturated carbocycles. The Labute approximate surface area is 175 Å². The smallest absolute Gasteiger partial charge is 0.255 e. The molecule has 0 aliphatic rings. The van der Waals surface area contributed by atoms with Gasteiger partial charge in [0, 0.05) is 35.4 Å². The van der Waals surface area contributed by atoms with E-state index in [0.29, 0.717) is 17.0 Å². The van der Waals surface area contributed by atoms with Crippen LogP contribution in [0, 0.1) is 6.92 Å². The van der Waals surface area contributed by atoms with Gasteiger partial charge in [0.2, 0.25) is 0 Å². The van der Waals surface area contributed by atoms with E-state index in [4.69, 9.17) is 5.73 Å². The summed E-state index contributed by atoms with van der Waals surface area (Å²) in [6, 6.07) is 13.5. The fourth-order valence-electron chi connectivity index (χ4n) is 3.45. The number of carbonyl (C=O) groups excluding carboxylic acids is 1. The fraction of sp³-hybridized carbons (Fsp3) is 0.208. The molecule has 0 atom stereocenters. The molecule has 0 aliphatic carbocycles. The van der Waals surface area contributed by atoms with E-state index in [0.717, 1.165) is 22.5 Å². The van der Waals surface area contributed by atoms with Gasteiger partial charge < -0.3 is 15.5 Å². The van der Waals surface area contributed by atoms with Crippen LogP contribution in [0.1, 0.15) is 42.3 Å². The van der Waals surface area contributed by atoms with Crippen molar-refractivity contribution in [1.29, 1.82) is 0 Å². The van der Waals surface area contributed by atoms with Gasteiger partial charge in [-0.25, -0.2) is 9.97 Å². The minimum atomic E-state index is -0.145. The molecule has 152 valence electrons. The molecule has 0 unspecified atom stereocenters. The summed E-state index contributed by atoms with van der Waals surface area (Å²) in [7, 11) is 0. The van der Waals surface area contributed by atoms with Crippen molar-refractivity contribution in [2.45, 2.75) is 33.1 Å². The van der Waals surface area contributed by atoms with Gasteiger partial charge in [0.1, 0.15) is 0 Å². The Bertz CT molecular complexity index is 1230. The fourth-order valence-corrected chi connectivity index (χ4v) is 3.45. The van der Waals surface area contributed by atoms with E-state index in [1.807, 2.05) is 66.2 Å². The Morgan fingerprint density at radius 2 is 1.83 bits per heavy atom. The van der Waals surface area contributed by atoms with Gasteiger partial charge in [-0.2, -0.15) is 0 Å². The molecule has 2 aromatic heterocycles. The zero-order chi connectivity index (χ0) is 21.5. The zero-order valence-corrected chi connectivity index (χ0v) is 17.6. The van der Waals surface area contributed by atoms with Crippen molar-refractivity contribution in [1.82, 2.24) is 14.4 Å². The van der Waals surface area contributed by atoms with Gasteiger partial charge in [0.25, 0.3) is 5.91 Å². The topological polar surface area (TPSA) is 85.3 Å². The van der Waals surface area contributed by atoms with Crippen LogP contribution in [-0.2, 0) is 5.41 Å². The lowest BCUT2D eigenvalue weighted by Crippen LogP contribution is -2.15. The van der Waals surface area contributed by atoms with Gasteiger partial charge >= 0.3 is 0 Å². The summed E-state index contributed by atoms with van der Waals surface area (Å²) < 4.78 is 1.85. The first-order valence-corrected chi connectivity index (χ1v) is 9.85. The van der Waals surface area contributed by atoms with Gasteiger partial charge in [-0.1, -0.05) is 45.0 Å². The van der Waals surface area contributed by atoms with Crippen molar-refractivity contribution in [3.8, 4) is 11.3 Å². The molecular formula is C24H25N5O. The highest BCUT2D eigenvalue weighted by Gasteiger charge is 2.16. The highest BCUT2D eigenvalue weighted by Crippen LogP contribution is 2.29. The Kier molecular flexibility index (Phi) is 4.78. The van der Waals surface area contributed by atoms with Gasteiger partial charge in [0.05, 0.1) is 5.69 Å². The molecule has 0 saturated heterocycles. The molecule has 0 aliphatic heterocycles. The molecule has 30 heavy (non-hydrogen) atoms. The highest BCUT2D eigenvalue weighted by atomic mass is 16.1. The van der Waals surface area contributed by atoms with E-state index in [9.17, 15) is 4.79 Å². The van der Waals surface area contributed by atoms with Gasteiger partial charge in [0.15, 0.2) is 11.5 Å². The van der Waals surface area contributed by atoms with Gasteiger partial charge in [-0.15, -0.1) is 0 Å². The molecule has 3 N–H and O–H groups in total. The Balaban J connectivity index is 1.63. The van der Waals surface area contributed by atoms with Crippen LogP contribution in [0.25, 0.3) is 16.9 Å². The third-order valence-corrected chi connectivity index (χ3v) is 5.27. The second kappa shape index (κ2) is 7.30. The number of hydrogen-bond acceptors (Lipinski definition) is 4. The normalized spacial score (nSPS) is 11.6. The standard InChI is InChI=1S/C24H25N5O/c1-15-18(20-14-29-13-12-26-22(29)21(25)27-20)6-5-7-19(15)28-23(30)16-8-10-17(11-9-16)24(2,3)4/h5-14H,1-4H3,(H2,25,27)(H,28,30). The molecule has 0 bridgehead atoms. The Hall–Kier alpha value is -3.67. The number of aromatic nitrogens is 3. The van der Waals surface area contributed by atoms with Crippen LogP contribution in [-0.4, -0.2) is 20.3 Å². The molecular weight excluding hydrogens is 374 g/mol. The summed E-state index contributed by atoms with van der Waals surface area (Å²) in [4.78, 5) is 21.5. The SMILES string of the molecule is Cc1c(NC(=O)c2ccc(C(C)(C)C)cc2)cccc1-c1cn2ccnc2c(N)n1. The molecule has 0 fully saturated rings. The zero-order valence-electron chi connectivity index (χ0n) is 17.6. The van der Waals surface area contributed by atoms with E-state index < -0.39 is 0 Å². The first kappa shape index (κ1) is 19.6. The molecule has 6 heteroatoms. The number of amides is 1. The quantitative estimate of drug-likeness (QED) is 0.516. The van der Waals surface area contributed by atoms with Crippen molar-refractivity contribution >= 4 is 23.1 Å². The van der Waals surface area contributed by atoms with Crippen LogP contribution >= 0.6 is 0 Å². The molecule has 2 heterocycles. The lowest BCUT2D eigenvalue weighted by molar-refractivity contribution is 0.102. The monoisotopic (exact) mass is 399 g/mol. The summed E-state index contributed by atoms with van der Waals surface area (Å²) >= 11 is 0. The lowest BCUT2D eigenvalue weighted by Gasteiger charge is -2.19. The van der Waals surface area contributed by atoms with Crippen molar-refractivity contribution < 1.29 is 4.79 Å². The molecule has 4 rings (SSSR count). The minimum absolute atomic E-state index is 0.0467. The first-order chi connectivity index (χ1) is 14.2. The van der Waals surface area contributed by atoms with E-state index in [-0.39, 0.29) is 11.3 Å². The highest BCUT2D eigenvalue weighted by molar-refractivity contribution is 6.05. The Morgan fingerprint density at radius 3 is 2.53 bits per heavy atom. The van der Waals surface area contributed by atoms with Crippen LogP contribution in [0.5, 0.6) is 0 Å². The third-order valence-electron chi connectivity index (χ3n) is 5.27. The number of fused-ring (bicyclic) bond motifs is 1. The van der Waals surface area contributed by atoms with E-state index in [1.165, 1.54) is 5.56 Å². The number of nitrogens with one attached hydrogen (secondary N) is 1. The molecule has 6 nitrogen and oxygen atoms in total. The number of anilines is 2. The number of nitrogens with zero attached hydrogens (tertiary/aromatic N) is 3. The van der Waals surface area contributed by atoms with Crippen LogP contribution in [0.4, 0.5) is 11.5 Å². The molecule has 2 aromatic carbocycles. The summed E-state index contributed by atoms with van der Waals surface area (Å²) in [6.45, 7) is 8.42. The number of nitrogen functional groups attached to an aromatic ring is 1. The van der Waals surface area contributed by atoms with Crippen molar-refractivity contribution in [3.05, 3.63) is 77.7 Å². The lowest BCUT2D eigenvalue weighted by atomic mass is 9.86. The second-order valence-electron chi connectivity index (χ2n) is 8.43. The maximum Gasteiger partial charge on any atom is 0.255 e. The number of nitrogens with two attached hydrogens (primary N) is 1. The van der Waals surface area contributed by atoms with E-state index >= 15 is 0 Å². The largest absolute Gasteiger partial charge is 0.381 e. The maximum atomic E-state index is 12.8. The Morgan fingerprint density at radius 1 is 1.10 bits per heavy atom. The average Bonchev–Trinajstić information content (AvgIpc) is 3.18. The molecule has 4 aromatic rings. The van der Waals surface area contributed by atoms with E-state index in [2.05, 4.69) is 36.1 Å². The number of imidazole rings is 1. The van der Waals surface area contributed by atoms with Crippen LogP contribution < -0.4 is 11.1 Å². The maximum absolute atomic E-state index is 12.8. The van der Waals surface area contributed by atoms with Crippen LogP contribution in [0.15, 0.2) is 61.1 Å². The summed E-state index contributed by atoms with van der Waals surface area (Å²) in [5.74, 6) is 0.221. The predicted molar refractivity (Wildman–Crippen MR) is 121 cm³/mol. The van der Waals surface area contributed by atoms with Gasteiger partial charge in [-0.05, 0) is 41.7 Å². The predicted octanol–water partition coefficient (Wildman–Crippen LogP) is 4.84. The van der Waals surface area contributed by atoms with E-state index in [1.54, 1.807) is 6.20 Å². The number of hydrogen-bond donors (Lipinski definition) is 2.